The number of anilines is 3. The van der Waals surface area contributed by atoms with Crippen LogP contribution in [0.2, 0.25) is 0 Å². The predicted octanol–water partition coefficient (Wildman–Crippen LogP) is 6.28. The third kappa shape index (κ3) is 5.26. The lowest BCUT2D eigenvalue weighted by Crippen LogP contribution is -2.16. The molecule has 0 aliphatic heterocycles. The van der Waals surface area contributed by atoms with E-state index in [-0.39, 0.29) is 16.8 Å². The van der Waals surface area contributed by atoms with Crippen molar-refractivity contribution >= 4 is 50.6 Å². The maximum Gasteiger partial charge on any atom is 0.416 e. The first-order valence-electron chi connectivity index (χ1n) is 11.4. The van der Waals surface area contributed by atoms with E-state index in [0.717, 1.165) is 23.6 Å². The van der Waals surface area contributed by atoms with Gasteiger partial charge in [-0.3, -0.25) is 9.59 Å². The summed E-state index contributed by atoms with van der Waals surface area (Å²) in [5, 5.41) is 10.4. The van der Waals surface area contributed by atoms with E-state index in [9.17, 15) is 22.8 Å². The van der Waals surface area contributed by atoms with Gasteiger partial charge in [0.2, 0.25) is 0 Å². The Kier molecular flexibility index (Phi) is 6.32. The second kappa shape index (κ2) is 9.47. The van der Waals surface area contributed by atoms with Gasteiger partial charge in [0, 0.05) is 28.4 Å². The zero-order chi connectivity index (χ0) is 26.3. The Morgan fingerprint density at radius 3 is 2.57 bits per heavy atom. The van der Waals surface area contributed by atoms with E-state index in [1.807, 2.05) is 0 Å². The molecule has 0 spiro atoms. The lowest BCUT2D eigenvalue weighted by atomic mass is 10.1. The van der Waals surface area contributed by atoms with Crippen molar-refractivity contribution in [2.75, 3.05) is 16.0 Å². The Balaban J connectivity index is 1.35. The van der Waals surface area contributed by atoms with Crippen molar-refractivity contribution in [1.82, 2.24) is 9.97 Å². The van der Waals surface area contributed by atoms with Crippen LogP contribution in [0.4, 0.5) is 30.4 Å². The molecule has 1 fully saturated rings. The van der Waals surface area contributed by atoms with Crippen LogP contribution in [-0.2, 0) is 6.18 Å². The summed E-state index contributed by atoms with van der Waals surface area (Å²) in [7, 11) is 0. The quantitative estimate of drug-likeness (QED) is 0.276. The highest BCUT2D eigenvalue weighted by Crippen LogP contribution is 2.34. The summed E-state index contributed by atoms with van der Waals surface area (Å²) in [5.41, 5.74) is 1.04. The Morgan fingerprint density at radius 1 is 1.05 bits per heavy atom. The van der Waals surface area contributed by atoms with Gasteiger partial charge in [0.1, 0.15) is 12.1 Å². The topological polar surface area (TPSA) is 96.0 Å². The van der Waals surface area contributed by atoms with Gasteiger partial charge in [-0.25, -0.2) is 9.97 Å². The number of hydrogen-bond donors (Lipinski definition) is 3. The van der Waals surface area contributed by atoms with E-state index < -0.39 is 23.6 Å². The van der Waals surface area contributed by atoms with Crippen molar-refractivity contribution in [3.8, 4) is 0 Å². The van der Waals surface area contributed by atoms with Crippen molar-refractivity contribution in [1.29, 1.82) is 0 Å². The monoisotopic (exact) mass is 524 g/mol. The highest BCUT2D eigenvalue weighted by Gasteiger charge is 2.32. The zero-order valence-electron chi connectivity index (χ0n) is 19.6. The van der Waals surface area contributed by atoms with Gasteiger partial charge in [0.15, 0.2) is 0 Å². The number of amides is 2. The Bertz CT molecular complexity index is 1530. The number of alkyl halides is 3. The normalized spacial score (nSPS) is 13.4. The molecule has 5 rings (SSSR count). The van der Waals surface area contributed by atoms with E-state index in [0.29, 0.717) is 34.2 Å². The first-order chi connectivity index (χ1) is 17.6. The molecular weight excluding hydrogens is 503 g/mol. The van der Waals surface area contributed by atoms with Crippen LogP contribution >= 0.6 is 11.3 Å². The number of carbonyl (C=O) groups is 2. The SMILES string of the molecule is [CH2]c1ccc(NC(=O)c2ccc(C)c(NC(=O)c3csc4c(NC5CC5)ncnc34)c2)cc1C(F)(F)F. The molecule has 0 saturated heterocycles. The van der Waals surface area contributed by atoms with Gasteiger partial charge in [-0.1, -0.05) is 12.1 Å². The summed E-state index contributed by atoms with van der Waals surface area (Å²) in [6.07, 6.45) is -1.02. The highest BCUT2D eigenvalue weighted by molar-refractivity contribution is 7.18. The van der Waals surface area contributed by atoms with E-state index in [2.05, 4.69) is 32.8 Å². The zero-order valence-corrected chi connectivity index (χ0v) is 20.4. The second-order valence-electron chi connectivity index (χ2n) is 8.78. The summed E-state index contributed by atoms with van der Waals surface area (Å²) in [4.78, 5) is 34.5. The maximum absolute atomic E-state index is 13.2. The van der Waals surface area contributed by atoms with Crippen LogP contribution in [0.1, 0.15) is 50.2 Å². The molecule has 2 heterocycles. The molecule has 3 N–H and O–H groups in total. The van der Waals surface area contributed by atoms with Gasteiger partial charge in [0.25, 0.3) is 11.8 Å². The molecule has 0 atom stereocenters. The fourth-order valence-corrected chi connectivity index (χ4v) is 4.70. The van der Waals surface area contributed by atoms with Crippen molar-refractivity contribution in [2.24, 2.45) is 0 Å². The third-order valence-electron chi connectivity index (χ3n) is 5.94. The van der Waals surface area contributed by atoms with Crippen LogP contribution in [0.15, 0.2) is 48.1 Å². The lowest BCUT2D eigenvalue weighted by molar-refractivity contribution is -0.137. The average Bonchev–Trinajstić information content (AvgIpc) is 3.55. The third-order valence-corrected chi connectivity index (χ3v) is 6.91. The molecule has 11 heteroatoms. The van der Waals surface area contributed by atoms with Gasteiger partial charge in [-0.15, -0.1) is 11.3 Å². The number of fused-ring (bicyclic) bond motifs is 1. The van der Waals surface area contributed by atoms with E-state index in [4.69, 9.17) is 0 Å². The minimum Gasteiger partial charge on any atom is -0.366 e. The maximum atomic E-state index is 13.2. The molecule has 1 aliphatic carbocycles. The highest BCUT2D eigenvalue weighted by atomic mass is 32.1. The van der Waals surface area contributed by atoms with Crippen LogP contribution in [0.5, 0.6) is 0 Å². The second-order valence-corrected chi connectivity index (χ2v) is 9.66. The number of aromatic nitrogens is 2. The lowest BCUT2D eigenvalue weighted by Gasteiger charge is -2.14. The summed E-state index contributed by atoms with van der Waals surface area (Å²) in [6, 6.07) is 8.44. The van der Waals surface area contributed by atoms with Gasteiger partial charge in [0.05, 0.1) is 21.3 Å². The number of halogens is 3. The van der Waals surface area contributed by atoms with Crippen LogP contribution in [0.3, 0.4) is 0 Å². The first kappa shape index (κ1) is 24.7. The minimum absolute atomic E-state index is 0.0177. The molecule has 37 heavy (non-hydrogen) atoms. The summed E-state index contributed by atoms with van der Waals surface area (Å²) in [5.74, 6) is -0.319. The van der Waals surface area contributed by atoms with Gasteiger partial charge in [-0.05, 0) is 62.1 Å². The molecule has 1 aliphatic rings. The van der Waals surface area contributed by atoms with Gasteiger partial charge < -0.3 is 16.0 Å². The summed E-state index contributed by atoms with van der Waals surface area (Å²) < 4.78 is 40.4. The molecule has 189 valence electrons. The molecule has 2 aromatic carbocycles. The van der Waals surface area contributed by atoms with Crippen molar-refractivity contribution < 1.29 is 22.8 Å². The molecule has 4 aromatic rings. The fraction of sp³-hybridized carbons (Fsp3) is 0.192. The van der Waals surface area contributed by atoms with Crippen LogP contribution in [0.25, 0.3) is 10.2 Å². The largest absolute Gasteiger partial charge is 0.416 e. The minimum atomic E-state index is -4.59. The Labute approximate surface area is 214 Å². The van der Waals surface area contributed by atoms with Crippen LogP contribution in [0, 0.1) is 13.8 Å². The Hall–Kier alpha value is -3.99. The van der Waals surface area contributed by atoms with Crippen molar-refractivity contribution in [3.63, 3.8) is 0 Å². The number of benzene rings is 2. The standard InChI is InChI=1S/C26H21F3N5O2S/c1-13-4-6-17(10-19(13)26(27,28)29)33-24(35)15-5-3-14(2)20(9-15)34-25(36)18-11-37-22-21(18)30-12-31-23(22)32-16-7-8-16/h3-6,9-12,16H,1,7-8H2,2H3,(H,33,35)(H,34,36)(H,30,31,32). The average molecular weight is 525 g/mol. The molecule has 2 amide bonds. The number of rotatable bonds is 6. The molecular formula is C26H21F3N5O2S. The summed E-state index contributed by atoms with van der Waals surface area (Å²) >= 11 is 1.37. The number of thiophene rings is 1. The first-order valence-corrected chi connectivity index (χ1v) is 12.2. The fourth-order valence-electron chi connectivity index (χ4n) is 3.74. The molecule has 2 aromatic heterocycles. The van der Waals surface area contributed by atoms with Gasteiger partial charge in [-0.2, -0.15) is 13.2 Å². The number of nitrogens with one attached hydrogen (secondary N) is 3. The van der Waals surface area contributed by atoms with E-state index in [1.165, 1.54) is 41.9 Å². The number of nitrogens with zero attached hydrogens (tertiary/aromatic N) is 2. The van der Waals surface area contributed by atoms with Crippen LogP contribution in [-0.4, -0.2) is 27.8 Å². The Morgan fingerprint density at radius 2 is 1.84 bits per heavy atom. The molecule has 7 nitrogen and oxygen atoms in total. The molecule has 0 bridgehead atoms. The van der Waals surface area contributed by atoms with Crippen LogP contribution < -0.4 is 16.0 Å². The number of aryl methyl sites for hydroxylation is 1. The molecule has 0 unspecified atom stereocenters. The van der Waals surface area contributed by atoms with Gasteiger partial charge >= 0.3 is 6.18 Å². The predicted molar refractivity (Wildman–Crippen MR) is 137 cm³/mol. The molecule has 1 saturated carbocycles. The summed E-state index contributed by atoms with van der Waals surface area (Å²) in [6.45, 7) is 5.16. The number of carbonyl (C=O) groups excluding carboxylic acids is 2. The number of hydrogen-bond acceptors (Lipinski definition) is 6. The van der Waals surface area contributed by atoms with Crippen molar-refractivity contribution in [2.45, 2.75) is 32.0 Å². The van der Waals surface area contributed by atoms with E-state index >= 15 is 0 Å². The molecule has 1 radical (unpaired) electrons. The van der Waals surface area contributed by atoms with Crippen molar-refractivity contribution in [3.05, 3.63) is 82.8 Å². The smallest absolute Gasteiger partial charge is 0.366 e. The van der Waals surface area contributed by atoms with E-state index in [1.54, 1.807) is 18.4 Å².